The lowest BCUT2D eigenvalue weighted by atomic mass is 10.0. The highest BCUT2D eigenvalue weighted by Gasteiger charge is 2.33. The van der Waals surface area contributed by atoms with Crippen LogP contribution in [-0.2, 0) is 31.3 Å². The van der Waals surface area contributed by atoms with Gasteiger partial charge in [0.15, 0.2) is 0 Å². The number of ether oxygens (including phenoxy) is 2. The van der Waals surface area contributed by atoms with Crippen molar-refractivity contribution in [3.05, 3.63) is 77.9 Å². The van der Waals surface area contributed by atoms with E-state index < -0.39 is 32.2 Å². The maximum atomic E-state index is 13.5. The van der Waals surface area contributed by atoms with E-state index in [9.17, 15) is 26.7 Å². The standard InChI is InChI=1S/C31H39N3O8S2/c1-21-6-11-27(12-7-21)43(37,38)32-25-8-15-29-24(16-25)17-31(36)34(23(3)20-35)18-22(2)30(42-29)19-33(4)44(39,40)28-13-9-26(41-5)10-14-28/h6-16,22-23,30,32,35H,17-20H2,1-5H3/t22-,23+,30-/m0/s1. The molecule has 13 heteroatoms. The number of nitrogens with zero attached hydrogens (tertiary/aromatic N) is 2. The Morgan fingerprint density at radius 1 is 1.05 bits per heavy atom. The Kier molecular flexibility index (Phi) is 10.2. The van der Waals surface area contributed by atoms with Crippen LogP contribution in [0.4, 0.5) is 5.69 Å². The third kappa shape index (κ3) is 7.52. The van der Waals surface area contributed by atoms with Gasteiger partial charge in [0.05, 0.1) is 42.5 Å². The normalized spacial score (nSPS) is 18.4. The van der Waals surface area contributed by atoms with Gasteiger partial charge in [0, 0.05) is 30.8 Å². The largest absolute Gasteiger partial charge is 0.497 e. The number of aryl methyl sites for hydroxylation is 1. The molecule has 0 saturated carbocycles. The molecule has 2 N–H and O–H groups in total. The number of likely N-dealkylation sites (N-methyl/N-ethyl adjacent to an activating group) is 1. The number of hydrogen-bond acceptors (Lipinski definition) is 8. The summed E-state index contributed by atoms with van der Waals surface area (Å²) in [7, 11) is -4.84. The van der Waals surface area contributed by atoms with Gasteiger partial charge in [-0.1, -0.05) is 24.6 Å². The van der Waals surface area contributed by atoms with Gasteiger partial charge in [-0.2, -0.15) is 4.31 Å². The number of aliphatic hydroxyl groups is 1. The molecule has 0 radical (unpaired) electrons. The third-order valence-corrected chi connectivity index (χ3v) is 10.9. The highest BCUT2D eigenvalue weighted by Crippen LogP contribution is 2.31. The van der Waals surface area contributed by atoms with E-state index in [-0.39, 0.29) is 53.4 Å². The smallest absolute Gasteiger partial charge is 0.261 e. The van der Waals surface area contributed by atoms with E-state index in [0.717, 1.165) is 5.56 Å². The molecular weight excluding hydrogens is 606 g/mol. The minimum absolute atomic E-state index is 0.0354. The zero-order chi connectivity index (χ0) is 32.2. The Bertz CT molecular complexity index is 1680. The zero-order valence-electron chi connectivity index (χ0n) is 25.4. The number of carbonyl (C=O) groups excluding carboxylic acids is 1. The molecule has 1 aliphatic rings. The first-order valence-electron chi connectivity index (χ1n) is 14.1. The molecule has 3 atom stereocenters. The van der Waals surface area contributed by atoms with Crippen LogP contribution in [0.15, 0.2) is 76.5 Å². The summed E-state index contributed by atoms with van der Waals surface area (Å²) in [5.74, 6) is 0.246. The van der Waals surface area contributed by atoms with Crippen molar-refractivity contribution in [3.8, 4) is 11.5 Å². The Labute approximate surface area is 259 Å². The second-order valence-corrected chi connectivity index (χ2v) is 14.8. The van der Waals surface area contributed by atoms with Gasteiger partial charge >= 0.3 is 0 Å². The van der Waals surface area contributed by atoms with Crippen molar-refractivity contribution in [3.63, 3.8) is 0 Å². The lowest BCUT2D eigenvalue weighted by molar-refractivity contribution is -0.134. The number of anilines is 1. The number of nitrogens with one attached hydrogen (secondary N) is 1. The predicted molar refractivity (Wildman–Crippen MR) is 167 cm³/mol. The number of hydrogen-bond donors (Lipinski definition) is 2. The highest BCUT2D eigenvalue weighted by atomic mass is 32.2. The fourth-order valence-electron chi connectivity index (χ4n) is 4.92. The quantitative estimate of drug-likeness (QED) is 0.342. The number of amides is 1. The van der Waals surface area contributed by atoms with E-state index >= 15 is 0 Å². The first kappa shape index (κ1) is 33.2. The van der Waals surface area contributed by atoms with Crippen molar-refractivity contribution in [2.75, 3.05) is 38.6 Å². The van der Waals surface area contributed by atoms with E-state index in [0.29, 0.717) is 17.1 Å². The maximum Gasteiger partial charge on any atom is 0.261 e. The molecule has 1 amide bonds. The lowest BCUT2D eigenvalue weighted by Gasteiger charge is -2.33. The average Bonchev–Trinajstić information content (AvgIpc) is 3.04. The van der Waals surface area contributed by atoms with E-state index in [4.69, 9.17) is 9.47 Å². The summed E-state index contributed by atoms with van der Waals surface area (Å²) < 4.78 is 68.3. The van der Waals surface area contributed by atoms with E-state index in [1.165, 1.54) is 42.7 Å². The van der Waals surface area contributed by atoms with Gasteiger partial charge in [-0.3, -0.25) is 9.52 Å². The van der Waals surface area contributed by atoms with Crippen LogP contribution in [0.5, 0.6) is 11.5 Å². The Morgan fingerprint density at radius 3 is 2.30 bits per heavy atom. The van der Waals surface area contributed by atoms with Gasteiger partial charge in [0.1, 0.15) is 17.6 Å². The van der Waals surface area contributed by atoms with Crippen molar-refractivity contribution in [2.45, 2.75) is 49.1 Å². The predicted octanol–water partition coefficient (Wildman–Crippen LogP) is 3.27. The molecule has 0 saturated heterocycles. The van der Waals surface area contributed by atoms with Gasteiger partial charge in [-0.25, -0.2) is 16.8 Å². The van der Waals surface area contributed by atoms with Crippen molar-refractivity contribution >= 4 is 31.6 Å². The molecule has 0 bridgehead atoms. The highest BCUT2D eigenvalue weighted by molar-refractivity contribution is 7.92. The zero-order valence-corrected chi connectivity index (χ0v) is 27.1. The fraction of sp³-hybridized carbons (Fsp3) is 0.387. The summed E-state index contributed by atoms with van der Waals surface area (Å²) in [4.78, 5) is 15.2. The van der Waals surface area contributed by atoms with E-state index in [1.54, 1.807) is 54.3 Å². The van der Waals surface area contributed by atoms with E-state index in [1.807, 2.05) is 13.8 Å². The van der Waals surface area contributed by atoms with Gasteiger partial charge in [0.2, 0.25) is 15.9 Å². The number of sulfonamides is 2. The van der Waals surface area contributed by atoms with Crippen LogP contribution in [0.25, 0.3) is 0 Å². The molecule has 4 rings (SSSR count). The minimum atomic E-state index is -3.90. The first-order chi connectivity index (χ1) is 20.7. The summed E-state index contributed by atoms with van der Waals surface area (Å²) in [6.07, 6.45) is -0.805. The number of carbonyl (C=O) groups is 1. The fourth-order valence-corrected chi connectivity index (χ4v) is 7.15. The van der Waals surface area contributed by atoms with Crippen molar-refractivity contribution < 1.29 is 36.2 Å². The third-order valence-electron chi connectivity index (χ3n) is 7.70. The van der Waals surface area contributed by atoms with Crippen LogP contribution in [0.1, 0.15) is 25.0 Å². The van der Waals surface area contributed by atoms with Crippen LogP contribution >= 0.6 is 0 Å². The molecular formula is C31H39N3O8S2. The molecule has 238 valence electrons. The van der Waals surface area contributed by atoms with Crippen molar-refractivity contribution in [1.82, 2.24) is 9.21 Å². The van der Waals surface area contributed by atoms with Gasteiger partial charge in [0.25, 0.3) is 10.0 Å². The van der Waals surface area contributed by atoms with Crippen molar-refractivity contribution in [2.24, 2.45) is 5.92 Å². The van der Waals surface area contributed by atoms with Crippen molar-refractivity contribution in [1.29, 1.82) is 0 Å². The maximum absolute atomic E-state index is 13.5. The average molecular weight is 646 g/mol. The monoisotopic (exact) mass is 645 g/mol. The number of rotatable bonds is 10. The number of benzene rings is 3. The molecule has 1 heterocycles. The molecule has 3 aromatic rings. The topological polar surface area (TPSA) is 143 Å². The van der Waals surface area contributed by atoms with Gasteiger partial charge < -0.3 is 19.5 Å². The second-order valence-electron chi connectivity index (χ2n) is 11.1. The summed E-state index contributed by atoms with van der Waals surface area (Å²) in [6, 6.07) is 16.7. The summed E-state index contributed by atoms with van der Waals surface area (Å²) >= 11 is 0. The summed E-state index contributed by atoms with van der Waals surface area (Å²) in [5, 5.41) is 9.90. The molecule has 0 spiro atoms. The number of methoxy groups -OCH3 is 1. The molecule has 44 heavy (non-hydrogen) atoms. The summed E-state index contributed by atoms with van der Waals surface area (Å²) in [6.45, 7) is 5.36. The molecule has 0 fully saturated rings. The Balaban J connectivity index is 1.67. The molecule has 0 aromatic heterocycles. The van der Waals surface area contributed by atoms with Crippen LogP contribution < -0.4 is 14.2 Å². The Hall–Kier alpha value is -3.65. The SMILES string of the molecule is COc1ccc(S(=O)(=O)N(C)C[C@@H]2Oc3ccc(NS(=O)(=O)c4ccc(C)cc4)cc3CC(=O)N([C@H](C)CO)C[C@@H]2C)cc1. The van der Waals surface area contributed by atoms with Gasteiger partial charge in [-0.15, -0.1) is 0 Å². The van der Waals surface area contributed by atoms with Crippen LogP contribution in [0.3, 0.4) is 0 Å². The lowest BCUT2D eigenvalue weighted by Crippen LogP contribution is -2.48. The first-order valence-corrected chi connectivity index (χ1v) is 17.1. The number of fused-ring (bicyclic) bond motifs is 1. The molecule has 0 aliphatic carbocycles. The molecule has 1 aliphatic heterocycles. The molecule has 11 nitrogen and oxygen atoms in total. The van der Waals surface area contributed by atoms with Crippen LogP contribution in [-0.4, -0.2) is 83.1 Å². The van der Waals surface area contributed by atoms with Crippen LogP contribution in [0, 0.1) is 12.8 Å². The number of aliphatic hydroxyl groups excluding tert-OH is 1. The molecule has 0 unspecified atom stereocenters. The Morgan fingerprint density at radius 2 is 1.68 bits per heavy atom. The second kappa shape index (κ2) is 13.6. The minimum Gasteiger partial charge on any atom is -0.497 e. The molecule has 3 aromatic carbocycles. The van der Waals surface area contributed by atoms with Crippen LogP contribution in [0.2, 0.25) is 0 Å². The summed E-state index contributed by atoms with van der Waals surface area (Å²) in [5.41, 5.74) is 1.59. The van der Waals surface area contributed by atoms with E-state index in [2.05, 4.69) is 4.72 Å². The van der Waals surface area contributed by atoms with Gasteiger partial charge in [-0.05, 0) is 68.4 Å².